The van der Waals surface area contributed by atoms with Crippen LogP contribution in [-0.4, -0.2) is 45.6 Å². The van der Waals surface area contributed by atoms with E-state index in [1.807, 2.05) is 38.1 Å². The summed E-state index contributed by atoms with van der Waals surface area (Å²) in [7, 11) is -2.01. The lowest BCUT2D eigenvalue weighted by molar-refractivity contribution is -0.0288. The third-order valence-electron chi connectivity index (χ3n) is 4.60. The molecule has 2 unspecified atom stereocenters. The van der Waals surface area contributed by atoms with Gasteiger partial charge in [0.05, 0.1) is 31.3 Å². The van der Waals surface area contributed by atoms with Crippen molar-refractivity contribution in [3.63, 3.8) is 0 Å². The first-order valence-electron chi connectivity index (χ1n) is 8.96. The van der Waals surface area contributed by atoms with Crippen molar-refractivity contribution in [3.05, 3.63) is 54.1 Å². The van der Waals surface area contributed by atoms with Crippen LogP contribution >= 0.6 is 0 Å². The van der Waals surface area contributed by atoms with E-state index in [4.69, 9.17) is 14.2 Å². The lowest BCUT2D eigenvalue weighted by atomic mass is 10.1. The molecule has 0 radical (unpaired) electrons. The standard InChI is InChI=1S/C20H25NO5S/c1-4-25-18-9-11-19(12-10-18)27(22,23)21-13-20(26-14-15(21)2)16-5-7-17(24-3)8-6-16/h5-12,15,20H,4,13-14H2,1-3H3. The Morgan fingerprint density at radius 3 is 2.30 bits per heavy atom. The molecule has 2 aromatic carbocycles. The average molecular weight is 391 g/mol. The van der Waals surface area contributed by atoms with Gasteiger partial charge in [-0.05, 0) is 55.8 Å². The maximum atomic E-state index is 13.2. The van der Waals surface area contributed by atoms with E-state index in [-0.39, 0.29) is 23.6 Å². The van der Waals surface area contributed by atoms with Gasteiger partial charge in [0.2, 0.25) is 10.0 Å². The molecule has 6 nitrogen and oxygen atoms in total. The minimum atomic E-state index is -3.62. The fourth-order valence-electron chi connectivity index (χ4n) is 3.10. The maximum Gasteiger partial charge on any atom is 0.243 e. The molecule has 3 rings (SSSR count). The van der Waals surface area contributed by atoms with E-state index in [2.05, 4.69) is 0 Å². The molecule has 1 aliphatic heterocycles. The second-order valence-corrected chi connectivity index (χ2v) is 8.31. The summed E-state index contributed by atoms with van der Waals surface area (Å²) in [6.45, 7) is 4.89. The first-order valence-corrected chi connectivity index (χ1v) is 10.4. The second-order valence-electron chi connectivity index (χ2n) is 6.42. The Hall–Kier alpha value is -2.09. The molecule has 27 heavy (non-hydrogen) atoms. The molecule has 0 amide bonds. The van der Waals surface area contributed by atoms with Gasteiger partial charge >= 0.3 is 0 Å². The number of methoxy groups -OCH3 is 1. The van der Waals surface area contributed by atoms with Crippen LogP contribution in [0.3, 0.4) is 0 Å². The summed E-state index contributed by atoms with van der Waals surface area (Å²) in [6.07, 6.45) is -0.315. The van der Waals surface area contributed by atoms with Crippen molar-refractivity contribution in [1.82, 2.24) is 4.31 Å². The lowest BCUT2D eigenvalue weighted by Gasteiger charge is -2.37. The normalized spacial score (nSPS) is 21.0. The third kappa shape index (κ3) is 4.26. The van der Waals surface area contributed by atoms with E-state index >= 15 is 0 Å². The van der Waals surface area contributed by atoms with Crippen molar-refractivity contribution in [2.45, 2.75) is 30.9 Å². The number of ether oxygens (including phenoxy) is 3. The van der Waals surface area contributed by atoms with E-state index in [1.165, 1.54) is 4.31 Å². The molecule has 0 N–H and O–H groups in total. The first kappa shape index (κ1) is 19.7. The van der Waals surface area contributed by atoms with Crippen molar-refractivity contribution < 1.29 is 22.6 Å². The molecule has 1 heterocycles. The predicted octanol–water partition coefficient (Wildman–Crippen LogP) is 3.24. The van der Waals surface area contributed by atoms with Crippen LogP contribution in [0.1, 0.15) is 25.5 Å². The van der Waals surface area contributed by atoms with E-state index in [1.54, 1.807) is 31.4 Å². The van der Waals surface area contributed by atoms with Gasteiger partial charge in [-0.25, -0.2) is 8.42 Å². The van der Waals surface area contributed by atoms with Crippen LogP contribution < -0.4 is 9.47 Å². The largest absolute Gasteiger partial charge is 0.497 e. The summed E-state index contributed by atoms with van der Waals surface area (Å²) in [4.78, 5) is 0.258. The Balaban J connectivity index is 1.82. The zero-order valence-corrected chi connectivity index (χ0v) is 16.6. The zero-order valence-electron chi connectivity index (χ0n) is 15.8. The van der Waals surface area contributed by atoms with E-state index < -0.39 is 10.0 Å². The molecule has 1 aliphatic rings. The Bertz CT molecular complexity index is 849. The minimum Gasteiger partial charge on any atom is -0.497 e. The highest BCUT2D eigenvalue weighted by Crippen LogP contribution is 2.30. The average Bonchev–Trinajstić information content (AvgIpc) is 2.69. The number of hydrogen-bond acceptors (Lipinski definition) is 5. The van der Waals surface area contributed by atoms with Crippen LogP contribution in [0.25, 0.3) is 0 Å². The Labute approximate surface area is 160 Å². The summed E-state index contributed by atoms with van der Waals surface area (Å²) in [6, 6.07) is 13.8. The van der Waals surface area contributed by atoms with Crippen LogP contribution in [0.5, 0.6) is 11.5 Å². The molecule has 0 aromatic heterocycles. The summed E-state index contributed by atoms with van der Waals surface area (Å²) in [5, 5.41) is 0. The van der Waals surface area contributed by atoms with Crippen molar-refractivity contribution in [1.29, 1.82) is 0 Å². The summed E-state index contributed by atoms with van der Waals surface area (Å²) in [5.41, 5.74) is 0.926. The van der Waals surface area contributed by atoms with Gasteiger partial charge < -0.3 is 14.2 Å². The molecule has 0 aliphatic carbocycles. The van der Waals surface area contributed by atoms with Gasteiger partial charge in [-0.3, -0.25) is 0 Å². The van der Waals surface area contributed by atoms with Crippen LogP contribution in [-0.2, 0) is 14.8 Å². The SMILES string of the molecule is CCOc1ccc(S(=O)(=O)N2CC(c3ccc(OC)cc3)OCC2C)cc1. The topological polar surface area (TPSA) is 65.1 Å². The van der Waals surface area contributed by atoms with Crippen molar-refractivity contribution in [3.8, 4) is 11.5 Å². The molecule has 0 saturated carbocycles. The first-order chi connectivity index (χ1) is 13.0. The zero-order chi connectivity index (χ0) is 19.4. The highest BCUT2D eigenvalue weighted by atomic mass is 32.2. The Morgan fingerprint density at radius 1 is 1.07 bits per heavy atom. The molecule has 1 fully saturated rings. The van der Waals surface area contributed by atoms with E-state index in [0.717, 1.165) is 11.3 Å². The number of benzene rings is 2. The summed E-state index contributed by atoms with van der Waals surface area (Å²) < 4.78 is 44.3. The minimum absolute atomic E-state index is 0.240. The van der Waals surface area contributed by atoms with Crippen molar-refractivity contribution in [2.24, 2.45) is 0 Å². The fraction of sp³-hybridized carbons (Fsp3) is 0.400. The fourth-order valence-corrected chi connectivity index (χ4v) is 4.72. The molecular formula is C20H25NO5S. The molecule has 0 bridgehead atoms. The molecule has 2 atom stereocenters. The lowest BCUT2D eigenvalue weighted by Crippen LogP contribution is -2.48. The molecular weight excluding hydrogens is 366 g/mol. The smallest absolute Gasteiger partial charge is 0.243 e. The molecule has 7 heteroatoms. The maximum absolute atomic E-state index is 13.2. The van der Waals surface area contributed by atoms with Gasteiger partial charge in [0.25, 0.3) is 0 Å². The van der Waals surface area contributed by atoms with Gasteiger partial charge in [0, 0.05) is 12.6 Å². The predicted molar refractivity (Wildman–Crippen MR) is 103 cm³/mol. The van der Waals surface area contributed by atoms with E-state index in [0.29, 0.717) is 19.0 Å². The van der Waals surface area contributed by atoms with Gasteiger partial charge in [0.1, 0.15) is 11.5 Å². The molecule has 146 valence electrons. The second kappa shape index (κ2) is 8.29. The third-order valence-corrected chi connectivity index (χ3v) is 6.60. The van der Waals surface area contributed by atoms with Crippen molar-refractivity contribution >= 4 is 10.0 Å². The Morgan fingerprint density at radius 2 is 1.70 bits per heavy atom. The summed E-state index contributed by atoms with van der Waals surface area (Å²) >= 11 is 0. The number of rotatable bonds is 6. The van der Waals surface area contributed by atoms with Crippen molar-refractivity contribution in [2.75, 3.05) is 26.9 Å². The molecule has 0 spiro atoms. The van der Waals surface area contributed by atoms with Gasteiger partial charge in [-0.2, -0.15) is 4.31 Å². The highest BCUT2D eigenvalue weighted by Gasteiger charge is 2.36. The molecule has 2 aromatic rings. The number of nitrogens with zero attached hydrogens (tertiary/aromatic N) is 1. The van der Waals surface area contributed by atoms with Crippen LogP contribution in [0.15, 0.2) is 53.4 Å². The summed E-state index contributed by atoms with van der Waals surface area (Å²) in [5.74, 6) is 1.41. The number of hydrogen-bond donors (Lipinski definition) is 0. The highest BCUT2D eigenvalue weighted by molar-refractivity contribution is 7.89. The van der Waals surface area contributed by atoms with Crippen LogP contribution in [0.2, 0.25) is 0 Å². The van der Waals surface area contributed by atoms with Crippen LogP contribution in [0.4, 0.5) is 0 Å². The quantitative estimate of drug-likeness (QED) is 0.756. The number of sulfonamides is 1. The monoisotopic (exact) mass is 391 g/mol. The van der Waals surface area contributed by atoms with E-state index in [9.17, 15) is 8.42 Å². The van der Waals surface area contributed by atoms with Gasteiger partial charge in [-0.15, -0.1) is 0 Å². The van der Waals surface area contributed by atoms with Gasteiger partial charge in [-0.1, -0.05) is 12.1 Å². The molecule has 1 saturated heterocycles. The van der Waals surface area contributed by atoms with Gasteiger partial charge in [0.15, 0.2) is 0 Å². The van der Waals surface area contributed by atoms with Crippen LogP contribution in [0, 0.1) is 0 Å². The Kier molecular flexibility index (Phi) is 6.04. The number of morpholine rings is 1.